The second-order valence-electron chi connectivity index (χ2n) is 4.27. The molecule has 4 nitrogen and oxygen atoms in total. The van der Waals surface area contributed by atoms with E-state index in [4.69, 9.17) is 9.15 Å². The van der Waals surface area contributed by atoms with Crippen LogP contribution in [0.4, 0.5) is 0 Å². The maximum Gasteiger partial charge on any atom is 0.353 e. The first-order valence-corrected chi connectivity index (χ1v) is 6.81. The van der Waals surface area contributed by atoms with Crippen LogP contribution in [-0.2, 0) is 0 Å². The number of fused-ring (bicyclic) bond motifs is 1. The topological polar surface area (TPSA) is 56.5 Å². The van der Waals surface area contributed by atoms with E-state index < -0.39 is 11.6 Å². The van der Waals surface area contributed by atoms with Crippen LogP contribution in [0.2, 0.25) is 0 Å². The van der Waals surface area contributed by atoms with Gasteiger partial charge in [0, 0.05) is 11.5 Å². The summed E-state index contributed by atoms with van der Waals surface area (Å²) >= 11 is 1.32. The number of thiophene rings is 1. The molecule has 2 aromatic heterocycles. The first-order valence-electron chi connectivity index (χ1n) is 5.94. The minimum Gasteiger partial charge on any atom is -0.423 e. The summed E-state index contributed by atoms with van der Waals surface area (Å²) in [6.45, 7) is 1.81. The minimum absolute atomic E-state index is 0.390. The fraction of sp³-hybridized carbons (Fsp3) is 0.0667. The number of carbonyl (C=O) groups is 1. The Morgan fingerprint density at radius 1 is 1.25 bits per heavy atom. The third-order valence-corrected chi connectivity index (χ3v) is 3.70. The number of hydrogen-bond acceptors (Lipinski definition) is 5. The van der Waals surface area contributed by atoms with Crippen LogP contribution in [0.1, 0.15) is 15.2 Å². The lowest BCUT2D eigenvalue weighted by molar-refractivity contribution is 0.0740. The van der Waals surface area contributed by atoms with Gasteiger partial charge in [-0.3, -0.25) is 0 Å². The quantitative estimate of drug-likeness (QED) is 0.411. The van der Waals surface area contributed by atoms with Gasteiger partial charge in [-0.1, -0.05) is 6.07 Å². The number of benzene rings is 1. The second kappa shape index (κ2) is 4.94. The highest BCUT2D eigenvalue weighted by Crippen LogP contribution is 2.23. The summed E-state index contributed by atoms with van der Waals surface area (Å²) in [4.78, 5) is 23.7. The van der Waals surface area contributed by atoms with Gasteiger partial charge in [0.2, 0.25) is 0 Å². The molecule has 0 saturated heterocycles. The summed E-state index contributed by atoms with van der Waals surface area (Å²) in [7, 11) is 0. The van der Waals surface area contributed by atoms with Crippen molar-refractivity contribution in [2.45, 2.75) is 6.92 Å². The molecule has 0 N–H and O–H groups in total. The van der Waals surface area contributed by atoms with E-state index in [-0.39, 0.29) is 0 Å². The van der Waals surface area contributed by atoms with Crippen LogP contribution in [0.15, 0.2) is 51.0 Å². The SMILES string of the molecule is Cc1cc(=O)oc2ccc(OC(=O)c3cccs3)cc12. The van der Waals surface area contributed by atoms with Crippen LogP contribution in [0.5, 0.6) is 5.75 Å². The molecular formula is C15H10O4S. The average Bonchev–Trinajstić information content (AvgIpc) is 2.93. The summed E-state index contributed by atoms with van der Waals surface area (Å²) in [5.74, 6) is 0.0298. The van der Waals surface area contributed by atoms with Gasteiger partial charge in [0.05, 0.1) is 0 Å². The van der Waals surface area contributed by atoms with Gasteiger partial charge in [-0.2, -0.15) is 0 Å². The number of ether oxygens (including phenoxy) is 1. The summed E-state index contributed by atoms with van der Waals surface area (Å²) in [6, 6.07) is 9.84. The first kappa shape index (κ1) is 12.6. The molecule has 100 valence electrons. The van der Waals surface area contributed by atoms with Gasteiger partial charge in [0.25, 0.3) is 0 Å². The largest absolute Gasteiger partial charge is 0.423 e. The number of esters is 1. The Morgan fingerprint density at radius 2 is 2.10 bits per heavy atom. The van der Waals surface area contributed by atoms with Gasteiger partial charge in [0.15, 0.2) is 0 Å². The van der Waals surface area contributed by atoms with Gasteiger partial charge in [0.1, 0.15) is 16.2 Å². The predicted molar refractivity (Wildman–Crippen MR) is 76.5 cm³/mol. The Hall–Kier alpha value is -2.40. The first-order chi connectivity index (χ1) is 9.63. The van der Waals surface area contributed by atoms with Crippen molar-refractivity contribution < 1.29 is 13.9 Å². The molecule has 0 atom stereocenters. The Bertz CT molecular complexity index is 831. The predicted octanol–water partition coefficient (Wildman–Crippen LogP) is 3.38. The molecule has 3 aromatic rings. The second-order valence-corrected chi connectivity index (χ2v) is 5.22. The van der Waals surface area contributed by atoms with Crippen molar-refractivity contribution in [1.82, 2.24) is 0 Å². The van der Waals surface area contributed by atoms with Gasteiger partial charge in [-0.25, -0.2) is 9.59 Å². The third-order valence-electron chi connectivity index (χ3n) is 2.85. The summed E-state index contributed by atoms with van der Waals surface area (Å²) < 4.78 is 10.4. The van der Waals surface area contributed by atoms with E-state index >= 15 is 0 Å². The molecule has 0 unspecified atom stereocenters. The molecule has 0 spiro atoms. The zero-order valence-electron chi connectivity index (χ0n) is 10.6. The van der Waals surface area contributed by atoms with E-state index in [0.717, 1.165) is 10.9 Å². The highest BCUT2D eigenvalue weighted by atomic mass is 32.1. The molecule has 2 heterocycles. The molecule has 5 heteroatoms. The lowest BCUT2D eigenvalue weighted by Gasteiger charge is -2.05. The van der Waals surface area contributed by atoms with Crippen molar-refractivity contribution in [1.29, 1.82) is 0 Å². The van der Waals surface area contributed by atoms with Crippen molar-refractivity contribution >= 4 is 28.3 Å². The fourth-order valence-corrected chi connectivity index (χ4v) is 2.51. The van der Waals surface area contributed by atoms with Gasteiger partial charge < -0.3 is 9.15 Å². The standard InChI is InChI=1S/C15H10O4S/c1-9-7-14(16)19-12-5-4-10(8-11(9)12)18-15(17)13-3-2-6-20-13/h2-8H,1H3. The van der Waals surface area contributed by atoms with Crippen LogP contribution in [0.25, 0.3) is 11.0 Å². The van der Waals surface area contributed by atoms with Crippen LogP contribution in [0.3, 0.4) is 0 Å². The lowest BCUT2D eigenvalue weighted by atomic mass is 10.1. The van der Waals surface area contributed by atoms with E-state index in [1.807, 2.05) is 12.3 Å². The van der Waals surface area contributed by atoms with Crippen molar-refractivity contribution in [3.05, 3.63) is 62.6 Å². The molecule has 1 aromatic carbocycles. The average molecular weight is 286 g/mol. The highest BCUT2D eigenvalue weighted by molar-refractivity contribution is 7.12. The smallest absolute Gasteiger partial charge is 0.353 e. The van der Waals surface area contributed by atoms with Gasteiger partial charge in [-0.05, 0) is 42.1 Å². The van der Waals surface area contributed by atoms with E-state index in [1.165, 1.54) is 17.4 Å². The molecule has 0 aliphatic heterocycles. The Kier molecular flexibility index (Phi) is 3.12. The highest BCUT2D eigenvalue weighted by Gasteiger charge is 2.11. The number of hydrogen-bond donors (Lipinski definition) is 0. The molecule has 0 aliphatic carbocycles. The molecule has 3 rings (SSSR count). The van der Waals surface area contributed by atoms with Crippen LogP contribution in [-0.4, -0.2) is 5.97 Å². The van der Waals surface area contributed by atoms with Crippen LogP contribution < -0.4 is 10.4 Å². The molecule has 0 amide bonds. The van der Waals surface area contributed by atoms with Crippen molar-refractivity contribution in [2.75, 3.05) is 0 Å². The number of rotatable bonds is 2. The van der Waals surface area contributed by atoms with Gasteiger partial charge >= 0.3 is 11.6 Å². The summed E-state index contributed by atoms with van der Waals surface area (Å²) in [6.07, 6.45) is 0. The minimum atomic E-state index is -0.394. The van der Waals surface area contributed by atoms with E-state index in [0.29, 0.717) is 16.2 Å². The zero-order chi connectivity index (χ0) is 14.1. The Labute approximate surface area is 118 Å². The number of carbonyl (C=O) groups excluding carboxylic acids is 1. The number of aryl methyl sites for hydroxylation is 1. The summed E-state index contributed by atoms with van der Waals surface area (Å²) in [5.41, 5.74) is 0.870. The maximum atomic E-state index is 11.9. The van der Waals surface area contributed by atoms with E-state index in [9.17, 15) is 9.59 Å². The molecule has 0 aliphatic rings. The van der Waals surface area contributed by atoms with Crippen molar-refractivity contribution in [3.63, 3.8) is 0 Å². The molecular weight excluding hydrogens is 276 g/mol. The van der Waals surface area contributed by atoms with E-state index in [2.05, 4.69) is 0 Å². The Balaban J connectivity index is 1.97. The van der Waals surface area contributed by atoms with Crippen molar-refractivity contribution in [3.8, 4) is 5.75 Å². The third kappa shape index (κ3) is 2.35. The summed E-state index contributed by atoms with van der Waals surface area (Å²) in [5, 5.41) is 2.57. The maximum absolute atomic E-state index is 11.9. The molecule has 0 saturated carbocycles. The Morgan fingerprint density at radius 3 is 2.85 bits per heavy atom. The monoisotopic (exact) mass is 286 g/mol. The van der Waals surface area contributed by atoms with Crippen molar-refractivity contribution in [2.24, 2.45) is 0 Å². The van der Waals surface area contributed by atoms with E-state index in [1.54, 1.807) is 30.3 Å². The molecule has 0 radical (unpaired) electrons. The van der Waals surface area contributed by atoms with Gasteiger partial charge in [-0.15, -0.1) is 11.3 Å². The van der Waals surface area contributed by atoms with Crippen LogP contribution >= 0.6 is 11.3 Å². The fourth-order valence-electron chi connectivity index (χ4n) is 1.91. The van der Waals surface area contributed by atoms with Crippen LogP contribution in [0, 0.1) is 6.92 Å². The molecule has 0 bridgehead atoms. The zero-order valence-corrected chi connectivity index (χ0v) is 11.4. The normalized spacial score (nSPS) is 10.7. The molecule has 0 fully saturated rings. The lowest BCUT2D eigenvalue weighted by Crippen LogP contribution is -2.06. The molecule has 20 heavy (non-hydrogen) atoms.